The minimum Gasteiger partial charge on any atom is -0.394 e. The molecule has 12 aliphatic heterocycles. The van der Waals surface area contributed by atoms with Crippen LogP contribution in [0.1, 0.15) is 0 Å². The zero-order chi connectivity index (χ0) is 104. The summed E-state index contributed by atoms with van der Waals surface area (Å²) in [5.74, 6) is -7.09. The van der Waals surface area contributed by atoms with E-state index in [9.17, 15) is 194 Å². The molecule has 138 heavy (non-hydrogen) atoms. The van der Waals surface area contributed by atoms with Crippen LogP contribution < -0.4 is 0 Å². The lowest BCUT2D eigenvalue weighted by Gasteiger charge is -2.47. The molecule has 57 atom stereocenters. The Labute approximate surface area is 776 Å². The average molecular weight is 2050 g/mol. The van der Waals surface area contributed by atoms with Crippen molar-refractivity contribution in [3.8, 4) is 0 Å². The summed E-state index contributed by atoms with van der Waals surface area (Å²) < 4.78 is 91.0. The molecule has 0 bridgehead atoms. The lowest BCUT2D eigenvalue weighted by molar-refractivity contribution is -0.387. The van der Waals surface area contributed by atoms with Gasteiger partial charge in [-0.15, -0.1) is 0 Å². The van der Waals surface area contributed by atoms with Crippen LogP contribution in [0.3, 0.4) is 0 Å². The first-order valence-electron chi connectivity index (χ1n) is 42.4. The standard InChI is InChI=1S/6C12H22O11/c13-1-5-7(17)8(18)9(19)11(22-5)23-10-6(16)4(15)2-21-12(10,20)3-14;13-1-4-6(16)7(17)8(18)11(21-4)22-9-5(2-14)23-12(20,3-15)10(9)19;13-1-4-6(15)8(17)9(18)11(22-4)21-2-5-7(16)10(19)12(20,3-14)23-5;13-1-3-5(15)6(16)9(19)12(22-3)23-10-4(2-14)21-11(20)8(18)7(10)17;2*13-1-3-5(15)7(17)8(18)12(22-3)23-10-6(16)4(2-14)21-11(20)9(10)19/h3*4-11,13-20H,1-3H2;3*3-20H,1-2H2/t4-,5?,6+,7-,8+,9?,10?,11-,12+;4?,5-,6+,7+,8?,9+,10?,11+,12-;4?,5-,6-,7+,8+,9?,10+,11+,12-;3?,4-,5-,6-,7?,8?,9?,10+,11+,12-;3?,4?,5-,6-,7-,8-,9-,10-,11?,12?;/m11100./s1. The van der Waals surface area contributed by atoms with Crippen molar-refractivity contribution in [2.24, 2.45) is 0 Å². The van der Waals surface area contributed by atoms with Gasteiger partial charge in [-0.2, -0.15) is 0 Å². The molecule has 0 radical (unpaired) electrons. The van der Waals surface area contributed by atoms with E-state index < -0.39 is 448 Å². The molecule has 0 aliphatic carbocycles. The van der Waals surface area contributed by atoms with Crippen molar-refractivity contribution >= 4 is 0 Å². The van der Waals surface area contributed by atoms with E-state index in [2.05, 4.69) is 0 Å². The molecule has 12 heterocycles. The average Bonchev–Trinajstić information content (AvgIpc) is 1.61. The second-order valence-electron chi connectivity index (χ2n) is 33.4. The Morgan fingerprint density at radius 2 is 0.464 bits per heavy atom. The quantitative estimate of drug-likeness (QED) is 0.0382. The molecule has 0 aromatic rings. The Balaban J connectivity index is 0.000000225. The third-order valence-corrected chi connectivity index (χ3v) is 24.0. The van der Waals surface area contributed by atoms with Crippen molar-refractivity contribution < 1.29 is 330 Å². The van der Waals surface area contributed by atoms with Crippen molar-refractivity contribution in [1.82, 2.24) is 0 Å². The van der Waals surface area contributed by atoms with Gasteiger partial charge < -0.3 is 330 Å². The Bertz CT molecular complexity index is 3230. The molecule has 0 spiro atoms. The summed E-state index contributed by atoms with van der Waals surface area (Å²) in [5, 5.41) is 460. The van der Waals surface area contributed by atoms with Gasteiger partial charge in [0.15, 0.2) is 56.6 Å². The molecule has 12 aliphatic rings. The third kappa shape index (κ3) is 27.9. The van der Waals surface area contributed by atoms with E-state index in [-0.39, 0.29) is 0 Å². The summed E-state index contributed by atoms with van der Waals surface area (Å²) in [7, 11) is 0. The van der Waals surface area contributed by atoms with Crippen molar-refractivity contribution in [3.63, 3.8) is 0 Å². The molecule has 0 saturated carbocycles. The van der Waals surface area contributed by atoms with Gasteiger partial charge >= 0.3 is 0 Å². The first-order chi connectivity index (χ1) is 64.7. The smallest absolute Gasteiger partial charge is 0.219 e. The zero-order valence-electron chi connectivity index (χ0n) is 72.1. The Morgan fingerprint density at radius 1 is 0.203 bits per heavy atom. The van der Waals surface area contributed by atoms with Crippen molar-refractivity contribution in [3.05, 3.63) is 0 Å². The second-order valence-corrected chi connectivity index (χ2v) is 33.4. The van der Waals surface area contributed by atoms with Crippen LogP contribution in [0.5, 0.6) is 0 Å². The summed E-state index contributed by atoms with van der Waals surface area (Å²) >= 11 is 0. The van der Waals surface area contributed by atoms with Crippen molar-refractivity contribution in [1.29, 1.82) is 0 Å². The topological polar surface area (TPSA) is 1140 Å². The maximum atomic E-state index is 10.1. The molecular formula is C72H132O66. The highest BCUT2D eigenvalue weighted by Crippen LogP contribution is 2.39. The molecule has 0 aromatic carbocycles. The van der Waals surface area contributed by atoms with Gasteiger partial charge in [0.25, 0.3) is 0 Å². The van der Waals surface area contributed by atoms with Crippen LogP contribution in [0, 0.1) is 0 Å². The number of ether oxygens (including phenoxy) is 18. The van der Waals surface area contributed by atoms with Gasteiger partial charge in [-0.05, 0) is 0 Å². The first-order valence-corrected chi connectivity index (χ1v) is 42.4. The molecule has 66 heteroatoms. The molecule has 66 nitrogen and oxygen atoms in total. The fourth-order valence-corrected chi connectivity index (χ4v) is 15.4. The molecule has 48 N–H and O–H groups in total. The van der Waals surface area contributed by atoms with E-state index in [1.54, 1.807) is 0 Å². The molecular weight excluding hydrogens is 1920 g/mol. The van der Waals surface area contributed by atoms with Crippen LogP contribution in [0.15, 0.2) is 0 Å². The number of hydrogen-bond donors (Lipinski definition) is 48. The van der Waals surface area contributed by atoms with Crippen LogP contribution in [-0.4, -0.2) is 693 Å². The molecule has 12 saturated heterocycles. The second kappa shape index (κ2) is 54.0. The SMILES string of the molecule is OCC1OC(OC2C(O)C(O)OC(CO)C2O)C(O)C(O)C1O.OCC1OC(O[C@@H]2[C@H](O)C(O)OC(CO)[C@@H]2O)[C@@H](O)[C@@H](O)[C@H]1O.OCC1O[C@@H](O[C@@H]2C(O)[C@@](O)(CO)O[C@@H]2CO)C(O)[C@@H](O)[C@H]1O.OCC1O[C@@H](O[C@H]2C(O)C(O)[C@H](O)O[C@H]2CO)C(O)[C@@H](O)[C@H]1O.OCC1O[C@H](OC2[C@@H](O)[C@H](O)CO[C@@]2(O)CO)C(O)[C@@H](O)[C@@H]1O.OCC1O[C@H](OC[C@H]2O[C@](O)(CO)[C@@H](O)[C@H]2O)C(O)[C@@H](O)[C@@H]1O. The van der Waals surface area contributed by atoms with Gasteiger partial charge in [-0.1, -0.05) is 0 Å². The van der Waals surface area contributed by atoms with E-state index in [0.29, 0.717) is 0 Å². The molecule has 12 rings (SSSR count). The van der Waals surface area contributed by atoms with Crippen LogP contribution in [0.2, 0.25) is 0 Å². The first kappa shape index (κ1) is 122. The van der Waals surface area contributed by atoms with E-state index in [0.717, 1.165) is 0 Å². The predicted octanol–water partition coefficient (Wildman–Crippen LogP) is -32.4. The minimum absolute atomic E-state index is 0.466. The van der Waals surface area contributed by atoms with Crippen molar-refractivity contribution in [2.75, 3.05) is 99.1 Å². The molecule has 0 aromatic heterocycles. The predicted molar refractivity (Wildman–Crippen MR) is 412 cm³/mol. The monoisotopic (exact) mass is 2050 g/mol. The molecule has 0 amide bonds. The summed E-state index contributed by atoms with van der Waals surface area (Å²) in [5.41, 5.74) is 0. The third-order valence-electron chi connectivity index (χ3n) is 24.0. The van der Waals surface area contributed by atoms with Gasteiger partial charge in [0.1, 0.15) is 275 Å². The van der Waals surface area contributed by atoms with Gasteiger partial charge in [-0.25, -0.2) is 0 Å². The normalized spacial score (nSPS) is 51.5. The highest BCUT2D eigenvalue weighted by Gasteiger charge is 2.61. The Kier molecular flexibility index (Phi) is 47.9. The largest absolute Gasteiger partial charge is 0.394 e. The molecule has 26 unspecified atom stereocenters. The Hall–Kier alpha value is -2.64. The van der Waals surface area contributed by atoms with Crippen LogP contribution in [0.25, 0.3) is 0 Å². The zero-order valence-corrected chi connectivity index (χ0v) is 72.1. The van der Waals surface area contributed by atoms with Crippen LogP contribution in [-0.2, 0) is 85.3 Å². The van der Waals surface area contributed by atoms with Crippen molar-refractivity contribution in [2.45, 2.75) is 349 Å². The van der Waals surface area contributed by atoms with Gasteiger partial charge in [-0.3, -0.25) is 0 Å². The maximum absolute atomic E-state index is 10.1. The number of hydrogen-bond acceptors (Lipinski definition) is 66. The van der Waals surface area contributed by atoms with E-state index in [1.807, 2.05) is 0 Å². The Morgan fingerprint density at radius 3 is 0.775 bits per heavy atom. The molecule has 816 valence electrons. The van der Waals surface area contributed by atoms with Crippen LogP contribution in [0.4, 0.5) is 0 Å². The maximum Gasteiger partial charge on any atom is 0.219 e. The number of rotatable bonds is 26. The van der Waals surface area contributed by atoms with Crippen LogP contribution >= 0.6 is 0 Å². The highest BCUT2D eigenvalue weighted by molar-refractivity contribution is 5.03. The fraction of sp³-hybridized carbons (Fsp3) is 1.00. The molecule has 12 fully saturated rings. The van der Waals surface area contributed by atoms with Gasteiger partial charge in [0, 0.05) is 0 Å². The number of aliphatic hydroxyl groups is 48. The summed E-state index contributed by atoms with van der Waals surface area (Å²) in [6.45, 7) is -10.5. The van der Waals surface area contributed by atoms with E-state index in [4.69, 9.17) is 136 Å². The minimum atomic E-state index is -2.38. The lowest BCUT2D eigenvalue weighted by Crippen LogP contribution is -2.67. The highest BCUT2D eigenvalue weighted by atomic mass is 16.8. The summed E-state index contributed by atoms with van der Waals surface area (Å²) in [4.78, 5) is 0. The van der Waals surface area contributed by atoms with E-state index >= 15 is 0 Å². The van der Waals surface area contributed by atoms with Gasteiger partial charge in [0.2, 0.25) is 17.4 Å². The lowest BCUT2D eigenvalue weighted by atomic mass is 9.96. The summed E-state index contributed by atoms with van der Waals surface area (Å²) in [6.07, 6.45) is -84.0. The van der Waals surface area contributed by atoms with Gasteiger partial charge in [0.05, 0.1) is 99.1 Å². The summed E-state index contributed by atoms with van der Waals surface area (Å²) in [6, 6.07) is 0. The van der Waals surface area contributed by atoms with E-state index in [1.165, 1.54) is 0 Å². The fourth-order valence-electron chi connectivity index (χ4n) is 15.4. The number of aliphatic hydroxyl groups excluding tert-OH is 45.